The molecule has 1 aromatic rings. The first-order chi connectivity index (χ1) is 8.20. The van der Waals surface area contributed by atoms with E-state index in [0.717, 1.165) is 18.6 Å². The van der Waals surface area contributed by atoms with Crippen LogP contribution in [0, 0.1) is 11.3 Å². The summed E-state index contributed by atoms with van der Waals surface area (Å²) >= 11 is 0. The van der Waals surface area contributed by atoms with E-state index in [9.17, 15) is 0 Å². The first kappa shape index (κ1) is 12.1. The number of nitrogens with one attached hydrogen (secondary N) is 1. The Kier molecular flexibility index (Phi) is 3.78. The van der Waals surface area contributed by atoms with E-state index in [1.165, 1.54) is 0 Å². The highest BCUT2D eigenvalue weighted by molar-refractivity contribution is 5.34. The number of ether oxygens (including phenoxy) is 1. The van der Waals surface area contributed by atoms with Crippen LogP contribution in [-0.4, -0.2) is 18.8 Å². The van der Waals surface area contributed by atoms with E-state index in [0.29, 0.717) is 11.6 Å². The lowest BCUT2D eigenvalue weighted by atomic mass is 10.0. The minimum Gasteiger partial charge on any atom is -0.377 e. The van der Waals surface area contributed by atoms with Gasteiger partial charge in [-0.15, -0.1) is 0 Å². The van der Waals surface area contributed by atoms with Crippen LogP contribution in [0.25, 0.3) is 0 Å². The maximum absolute atomic E-state index is 8.88. The van der Waals surface area contributed by atoms with E-state index in [1.807, 2.05) is 18.2 Å². The Bertz CT molecular complexity index is 424. The molecule has 3 nitrogen and oxygen atoms in total. The van der Waals surface area contributed by atoms with Gasteiger partial charge in [0.15, 0.2) is 0 Å². The molecule has 1 aliphatic rings. The molecular formula is C14H18N2O. The van der Waals surface area contributed by atoms with Crippen LogP contribution in [0.2, 0.25) is 0 Å². The van der Waals surface area contributed by atoms with Gasteiger partial charge in [-0.3, -0.25) is 0 Å². The van der Waals surface area contributed by atoms with Crippen LogP contribution in [0.15, 0.2) is 24.3 Å². The van der Waals surface area contributed by atoms with Crippen LogP contribution < -0.4 is 5.32 Å². The smallest absolute Gasteiger partial charge is 0.0991 e. The summed E-state index contributed by atoms with van der Waals surface area (Å²) in [5, 5.41) is 12.4. The molecule has 3 heteroatoms. The lowest BCUT2D eigenvalue weighted by molar-refractivity contribution is 0.111. The van der Waals surface area contributed by atoms with Gasteiger partial charge in [0.25, 0.3) is 0 Å². The quantitative estimate of drug-likeness (QED) is 0.867. The highest BCUT2D eigenvalue weighted by atomic mass is 16.5. The van der Waals surface area contributed by atoms with Gasteiger partial charge in [0, 0.05) is 18.7 Å². The molecule has 0 spiro atoms. The van der Waals surface area contributed by atoms with Gasteiger partial charge in [0.1, 0.15) is 0 Å². The van der Waals surface area contributed by atoms with Crippen molar-refractivity contribution >= 4 is 0 Å². The van der Waals surface area contributed by atoms with Crippen molar-refractivity contribution in [1.29, 1.82) is 5.26 Å². The molecule has 1 aliphatic heterocycles. The third-order valence-electron chi connectivity index (χ3n) is 3.36. The van der Waals surface area contributed by atoms with Gasteiger partial charge in [0.05, 0.1) is 17.7 Å². The molecule has 2 rings (SSSR count). The Labute approximate surface area is 102 Å². The van der Waals surface area contributed by atoms with E-state index < -0.39 is 0 Å². The lowest BCUT2D eigenvalue weighted by Crippen LogP contribution is -2.36. The third kappa shape index (κ3) is 2.85. The summed E-state index contributed by atoms with van der Waals surface area (Å²) in [4.78, 5) is 0. The van der Waals surface area contributed by atoms with Crippen LogP contribution in [0.3, 0.4) is 0 Å². The summed E-state index contributed by atoms with van der Waals surface area (Å²) in [7, 11) is 0. The Morgan fingerprint density at radius 1 is 1.53 bits per heavy atom. The van der Waals surface area contributed by atoms with Crippen molar-refractivity contribution < 1.29 is 4.74 Å². The predicted octanol–water partition coefficient (Wildman–Crippen LogP) is 2.39. The normalized spacial score (nSPS) is 25.5. The van der Waals surface area contributed by atoms with Gasteiger partial charge in [-0.1, -0.05) is 12.1 Å². The number of hydrogen-bond donors (Lipinski definition) is 1. The fourth-order valence-electron chi connectivity index (χ4n) is 2.25. The van der Waals surface area contributed by atoms with Gasteiger partial charge < -0.3 is 10.1 Å². The molecule has 1 heterocycles. The molecular weight excluding hydrogens is 212 g/mol. The fourth-order valence-corrected chi connectivity index (χ4v) is 2.25. The minimum absolute atomic E-state index is 0.248. The molecule has 90 valence electrons. The minimum atomic E-state index is 0.248. The summed E-state index contributed by atoms with van der Waals surface area (Å²) in [6.45, 7) is 5.06. The molecule has 1 aromatic carbocycles. The van der Waals surface area contributed by atoms with Crippen LogP contribution in [0.1, 0.15) is 37.4 Å². The monoisotopic (exact) mass is 230 g/mol. The maximum atomic E-state index is 8.88. The predicted molar refractivity (Wildman–Crippen MR) is 66.5 cm³/mol. The Morgan fingerprint density at radius 3 is 3.00 bits per heavy atom. The standard InChI is InChI=1S/C14H18N2O/c1-10(16-14-6-7-17-11(14)2)13-5-3-4-12(8-13)9-15/h3-5,8,10-11,14,16H,6-7H2,1-2H3. The van der Waals surface area contributed by atoms with E-state index in [-0.39, 0.29) is 12.1 Å². The second-order valence-corrected chi connectivity index (χ2v) is 4.60. The number of nitrogens with zero attached hydrogens (tertiary/aromatic N) is 1. The Balaban J connectivity index is 2.04. The number of hydrogen-bond acceptors (Lipinski definition) is 3. The molecule has 17 heavy (non-hydrogen) atoms. The molecule has 0 bridgehead atoms. The van der Waals surface area contributed by atoms with Crippen LogP contribution in [0.5, 0.6) is 0 Å². The maximum Gasteiger partial charge on any atom is 0.0991 e. The average molecular weight is 230 g/mol. The Morgan fingerprint density at radius 2 is 2.35 bits per heavy atom. The Hall–Kier alpha value is -1.37. The summed E-state index contributed by atoms with van der Waals surface area (Å²) < 4.78 is 5.53. The second kappa shape index (κ2) is 5.31. The van der Waals surface area contributed by atoms with Gasteiger partial charge in [-0.25, -0.2) is 0 Å². The molecule has 3 unspecified atom stereocenters. The number of benzene rings is 1. The van der Waals surface area contributed by atoms with Crippen molar-refractivity contribution in [2.45, 2.75) is 38.5 Å². The highest BCUT2D eigenvalue weighted by Crippen LogP contribution is 2.19. The lowest BCUT2D eigenvalue weighted by Gasteiger charge is -2.22. The first-order valence-corrected chi connectivity index (χ1v) is 6.08. The SMILES string of the molecule is CC(NC1CCOC1C)c1cccc(C#N)c1. The zero-order chi connectivity index (χ0) is 12.3. The number of rotatable bonds is 3. The van der Waals surface area contributed by atoms with Gasteiger partial charge >= 0.3 is 0 Å². The van der Waals surface area contributed by atoms with Crippen molar-refractivity contribution in [3.05, 3.63) is 35.4 Å². The summed E-state index contributed by atoms with van der Waals surface area (Å²) in [6, 6.07) is 10.6. The topological polar surface area (TPSA) is 45.0 Å². The van der Waals surface area contributed by atoms with E-state index >= 15 is 0 Å². The molecule has 0 aliphatic carbocycles. The second-order valence-electron chi connectivity index (χ2n) is 4.60. The molecule has 1 N–H and O–H groups in total. The molecule has 1 saturated heterocycles. The molecule has 0 aromatic heterocycles. The van der Waals surface area contributed by atoms with Crippen molar-refractivity contribution in [3.8, 4) is 6.07 Å². The van der Waals surface area contributed by atoms with Gasteiger partial charge in [0.2, 0.25) is 0 Å². The zero-order valence-electron chi connectivity index (χ0n) is 10.3. The van der Waals surface area contributed by atoms with E-state index in [4.69, 9.17) is 10.00 Å². The fraction of sp³-hybridized carbons (Fsp3) is 0.500. The molecule has 0 radical (unpaired) electrons. The average Bonchev–Trinajstić information content (AvgIpc) is 2.75. The first-order valence-electron chi connectivity index (χ1n) is 6.08. The summed E-state index contributed by atoms with van der Waals surface area (Å²) in [5.74, 6) is 0. The molecule has 3 atom stereocenters. The molecule has 1 fully saturated rings. The zero-order valence-corrected chi connectivity index (χ0v) is 10.3. The van der Waals surface area contributed by atoms with Crippen LogP contribution in [0.4, 0.5) is 0 Å². The van der Waals surface area contributed by atoms with E-state index in [1.54, 1.807) is 0 Å². The highest BCUT2D eigenvalue weighted by Gasteiger charge is 2.25. The van der Waals surface area contributed by atoms with Crippen LogP contribution in [-0.2, 0) is 4.74 Å². The van der Waals surface area contributed by atoms with E-state index in [2.05, 4.69) is 31.3 Å². The van der Waals surface area contributed by atoms with Gasteiger partial charge in [-0.05, 0) is 38.0 Å². The van der Waals surface area contributed by atoms with Crippen molar-refractivity contribution in [3.63, 3.8) is 0 Å². The summed E-state index contributed by atoms with van der Waals surface area (Å²) in [6.07, 6.45) is 1.33. The van der Waals surface area contributed by atoms with Crippen molar-refractivity contribution in [2.24, 2.45) is 0 Å². The molecule has 0 saturated carbocycles. The van der Waals surface area contributed by atoms with Crippen LogP contribution >= 0.6 is 0 Å². The third-order valence-corrected chi connectivity index (χ3v) is 3.36. The largest absolute Gasteiger partial charge is 0.377 e. The van der Waals surface area contributed by atoms with Crippen molar-refractivity contribution in [2.75, 3.05) is 6.61 Å². The number of nitriles is 1. The molecule has 0 amide bonds. The van der Waals surface area contributed by atoms with Gasteiger partial charge in [-0.2, -0.15) is 5.26 Å². The summed E-state index contributed by atoms with van der Waals surface area (Å²) in [5.41, 5.74) is 1.87. The van der Waals surface area contributed by atoms with Crippen molar-refractivity contribution in [1.82, 2.24) is 5.32 Å².